The monoisotopic (exact) mass is 338 g/mol. The molecule has 24 heavy (non-hydrogen) atoms. The van der Waals surface area contributed by atoms with Crippen molar-refractivity contribution in [1.82, 2.24) is 15.5 Å². The number of likely N-dealkylation sites (tertiary alicyclic amines) is 1. The van der Waals surface area contributed by atoms with Crippen LogP contribution >= 0.6 is 0 Å². The zero-order chi connectivity index (χ0) is 17.4. The van der Waals surface area contributed by atoms with E-state index in [0.29, 0.717) is 12.0 Å². The highest BCUT2D eigenvalue weighted by Gasteiger charge is 2.20. The summed E-state index contributed by atoms with van der Waals surface area (Å²) >= 11 is 0. The molecule has 1 saturated heterocycles. The molecule has 1 aliphatic rings. The summed E-state index contributed by atoms with van der Waals surface area (Å²) in [6, 6.07) is 3.96. The molecule has 0 saturated carbocycles. The van der Waals surface area contributed by atoms with Crippen LogP contribution in [0.3, 0.4) is 0 Å². The first-order valence-corrected chi connectivity index (χ1v) is 8.84. The van der Waals surface area contributed by atoms with E-state index in [1.165, 1.54) is 25.3 Å². The lowest BCUT2D eigenvalue weighted by Crippen LogP contribution is -2.49. The summed E-state index contributed by atoms with van der Waals surface area (Å²) in [5.74, 6) is -0.233. The predicted molar refractivity (Wildman–Crippen MR) is 94.1 cm³/mol. The van der Waals surface area contributed by atoms with Crippen molar-refractivity contribution < 1.29 is 8.78 Å². The van der Waals surface area contributed by atoms with Crippen molar-refractivity contribution in [3.63, 3.8) is 0 Å². The van der Waals surface area contributed by atoms with E-state index >= 15 is 0 Å². The minimum Gasteiger partial charge on any atom is -0.357 e. The van der Waals surface area contributed by atoms with Crippen molar-refractivity contribution >= 4 is 5.96 Å². The highest BCUT2D eigenvalue weighted by atomic mass is 19.1. The van der Waals surface area contributed by atoms with Gasteiger partial charge in [0, 0.05) is 24.7 Å². The quantitative estimate of drug-likeness (QED) is 0.619. The van der Waals surface area contributed by atoms with Gasteiger partial charge >= 0.3 is 0 Å². The van der Waals surface area contributed by atoms with Gasteiger partial charge in [-0.05, 0) is 51.1 Å². The normalized spacial score (nSPS) is 19.3. The van der Waals surface area contributed by atoms with Gasteiger partial charge in [-0.15, -0.1) is 0 Å². The van der Waals surface area contributed by atoms with Crippen LogP contribution in [0, 0.1) is 11.6 Å². The number of benzene rings is 1. The zero-order valence-corrected chi connectivity index (χ0v) is 14.6. The number of nitrogens with one attached hydrogen (secondary N) is 2. The average Bonchev–Trinajstić information content (AvgIpc) is 2.60. The Morgan fingerprint density at radius 2 is 2.08 bits per heavy atom. The Bertz CT molecular complexity index is 548. The van der Waals surface area contributed by atoms with Crippen LogP contribution < -0.4 is 10.6 Å². The number of rotatable bonds is 6. The highest BCUT2D eigenvalue weighted by molar-refractivity contribution is 5.79. The molecule has 1 heterocycles. The largest absolute Gasteiger partial charge is 0.357 e. The van der Waals surface area contributed by atoms with Crippen LogP contribution in [0.1, 0.15) is 38.7 Å². The van der Waals surface area contributed by atoms with Crippen molar-refractivity contribution in [3.8, 4) is 0 Å². The number of nitrogens with zero attached hydrogens (tertiary/aromatic N) is 2. The number of likely N-dealkylation sites (N-methyl/N-ethyl adjacent to an activating group) is 1. The van der Waals surface area contributed by atoms with Gasteiger partial charge in [-0.25, -0.2) is 13.8 Å². The maximum absolute atomic E-state index is 13.7. The summed E-state index contributed by atoms with van der Waals surface area (Å²) in [5, 5.41) is 6.50. The lowest BCUT2D eigenvalue weighted by molar-refractivity contribution is 0.157. The molecule has 1 aromatic carbocycles. The molecular formula is C18H28F2N4. The smallest absolute Gasteiger partial charge is 0.191 e. The van der Waals surface area contributed by atoms with Gasteiger partial charge in [-0.2, -0.15) is 0 Å². The van der Waals surface area contributed by atoms with Gasteiger partial charge in [0.1, 0.15) is 11.6 Å². The summed E-state index contributed by atoms with van der Waals surface area (Å²) in [6.45, 7) is 8.01. The van der Waals surface area contributed by atoms with E-state index in [-0.39, 0.29) is 12.1 Å². The summed E-state index contributed by atoms with van der Waals surface area (Å²) < 4.78 is 26.9. The van der Waals surface area contributed by atoms with Crippen molar-refractivity contribution in [2.45, 2.75) is 45.7 Å². The minimum atomic E-state index is -0.444. The third-order valence-corrected chi connectivity index (χ3v) is 4.42. The number of aliphatic imine (C=N–C) groups is 1. The Kier molecular flexibility index (Phi) is 7.43. The maximum atomic E-state index is 13.7. The molecule has 2 N–H and O–H groups in total. The number of hydrogen-bond acceptors (Lipinski definition) is 2. The molecule has 0 spiro atoms. The predicted octanol–water partition coefficient (Wildman–Crippen LogP) is 2.89. The molecule has 2 rings (SSSR count). The molecule has 0 aromatic heterocycles. The molecule has 1 unspecified atom stereocenters. The van der Waals surface area contributed by atoms with Crippen LogP contribution in [-0.2, 0) is 6.54 Å². The summed E-state index contributed by atoms with van der Waals surface area (Å²) in [4.78, 5) is 6.87. The second-order valence-electron chi connectivity index (χ2n) is 6.09. The van der Waals surface area contributed by atoms with Crippen molar-refractivity contribution in [3.05, 3.63) is 35.4 Å². The minimum absolute atomic E-state index is 0.112. The van der Waals surface area contributed by atoms with Gasteiger partial charge in [0.25, 0.3) is 0 Å². The van der Waals surface area contributed by atoms with Gasteiger partial charge in [-0.1, -0.05) is 13.3 Å². The van der Waals surface area contributed by atoms with E-state index in [4.69, 9.17) is 0 Å². The average molecular weight is 338 g/mol. The molecule has 1 aromatic rings. The van der Waals surface area contributed by atoms with Crippen LogP contribution in [0.25, 0.3) is 0 Å². The van der Waals surface area contributed by atoms with E-state index in [0.717, 1.165) is 38.3 Å². The van der Waals surface area contributed by atoms with Gasteiger partial charge in [0.05, 0.1) is 6.54 Å². The molecule has 1 aliphatic heterocycles. The van der Waals surface area contributed by atoms with E-state index in [1.807, 2.05) is 6.92 Å². The van der Waals surface area contributed by atoms with E-state index in [9.17, 15) is 8.78 Å². The Morgan fingerprint density at radius 3 is 2.83 bits per heavy atom. The molecule has 0 aliphatic carbocycles. The van der Waals surface area contributed by atoms with E-state index in [1.54, 1.807) is 0 Å². The van der Waals surface area contributed by atoms with Gasteiger partial charge < -0.3 is 10.6 Å². The highest BCUT2D eigenvalue weighted by Crippen LogP contribution is 2.15. The Labute approximate surface area is 143 Å². The van der Waals surface area contributed by atoms with Crippen molar-refractivity contribution in [2.75, 3.05) is 26.2 Å². The number of halogens is 2. The molecule has 4 nitrogen and oxygen atoms in total. The number of hydrogen-bond donors (Lipinski definition) is 2. The second kappa shape index (κ2) is 9.57. The molecule has 134 valence electrons. The van der Waals surface area contributed by atoms with Crippen LogP contribution in [0.5, 0.6) is 0 Å². The standard InChI is InChI=1S/C18H28F2N4/c1-3-21-18(22-12-14-11-15(19)8-9-17(14)20)23-13-16-7-5-6-10-24(16)4-2/h8-9,11,16H,3-7,10,12-13H2,1-2H3,(H2,21,22,23). The number of guanidine groups is 1. The molecule has 0 bridgehead atoms. The third-order valence-electron chi connectivity index (χ3n) is 4.42. The summed E-state index contributed by atoms with van der Waals surface area (Å²) in [6.07, 6.45) is 3.70. The fourth-order valence-corrected chi connectivity index (χ4v) is 3.09. The Morgan fingerprint density at radius 1 is 1.25 bits per heavy atom. The van der Waals surface area contributed by atoms with Gasteiger partial charge in [0.15, 0.2) is 5.96 Å². The van der Waals surface area contributed by atoms with Crippen LogP contribution in [-0.4, -0.2) is 43.1 Å². The zero-order valence-electron chi connectivity index (χ0n) is 14.6. The fourth-order valence-electron chi connectivity index (χ4n) is 3.09. The first kappa shape index (κ1) is 18.6. The van der Waals surface area contributed by atoms with Crippen LogP contribution in [0.4, 0.5) is 8.78 Å². The van der Waals surface area contributed by atoms with Crippen molar-refractivity contribution in [2.24, 2.45) is 4.99 Å². The van der Waals surface area contributed by atoms with E-state index < -0.39 is 11.6 Å². The van der Waals surface area contributed by atoms with Gasteiger partial charge in [0.2, 0.25) is 0 Å². The molecular weight excluding hydrogens is 310 g/mol. The number of piperidine rings is 1. The van der Waals surface area contributed by atoms with E-state index in [2.05, 4.69) is 27.4 Å². The molecule has 0 amide bonds. The Balaban J connectivity index is 1.96. The van der Waals surface area contributed by atoms with Crippen LogP contribution in [0.2, 0.25) is 0 Å². The topological polar surface area (TPSA) is 39.7 Å². The fraction of sp³-hybridized carbons (Fsp3) is 0.611. The second-order valence-corrected chi connectivity index (χ2v) is 6.09. The lowest BCUT2D eigenvalue weighted by atomic mass is 10.0. The lowest BCUT2D eigenvalue weighted by Gasteiger charge is -2.35. The third kappa shape index (κ3) is 5.44. The first-order chi connectivity index (χ1) is 11.6. The molecule has 1 fully saturated rings. The maximum Gasteiger partial charge on any atom is 0.191 e. The first-order valence-electron chi connectivity index (χ1n) is 8.84. The summed E-state index contributed by atoms with van der Waals surface area (Å²) in [7, 11) is 0. The SMILES string of the molecule is CCNC(=NCc1cc(F)ccc1F)NCC1CCCCN1CC. The van der Waals surface area contributed by atoms with Crippen LogP contribution in [0.15, 0.2) is 23.2 Å². The van der Waals surface area contributed by atoms with Gasteiger partial charge in [-0.3, -0.25) is 4.90 Å². The molecule has 1 atom stereocenters. The van der Waals surface area contributed by atoms with Crippen molar-refractivity contribution in [1.29, 1.82) is 0 Å². The summed E-state index contributed by atoms with van der Waals surface area (Å²) in [5.41, 5.74) is 0.264. The Hall–Kier alpha value is -1.69. The molecule has 0 radical (unpaired) electrons. The molecule has 6 heteroatoms.